The summed E-state index contributed by atoms with van der Waals surface area (Å²) >= 11 is 0. The fraction of sp³-hybridized carbons (Fsp3) is 0.538. The van der Waals surface area contributed by atoms with Crippen molar-refractivity contribution < 1.29 is 4.74 Å². The molecule has 0 N–H and O–H groups in total. The summed E-state index contributed by atoms with van der Waals surface area (Å²) in [5.41, 5.74) is 2.66. The van der Waals surface area contributed by atoms with Crippen molar-refractivity contribution in [3.63, 3.8) is 0 Å². The molecule has 0 spiro atoms. The Labute approximate surface area is 87.1 Å². The molecule has 0 aliphatic carbocycles. The average molecular weight is 192 g/mol. The molecule has 0 atom stereocenters. The van der Waals surface area contributed by atoms with Gasteiger partial charge < -0.3 is 4.74 Å². The van der Waals surface area contributed by atoms with Crippen molar-refractivity contribution in [1.82, 2.24) is 0 Å². The van der Waals surface area contributed by atoms with Gasteiger partial charge in [0.1, 0.15) is 0 Å². The predicted octanol–water partition coefficient (Wildman–Crippen LogP) is 3.49. The molecule has 0 radical (unpaired) electrons. The first-order valence-corrected chi connectivity index (χ1v) is 5.40. The summed E-state index contributed by atoms with van der Waals surface area (Å²) in [6.45, 7) is 6.19. The topological polar surface area (TPSA) is 9.23 Å². The van der Waals surface area contributed by atoms with Crippen molar-refractivity contribution in [3.05, 3.63) is 35.4 Å². The van der Waals surface area contributed by atoms with E-state index < -0.39 is 0 Å². The average Bonchev–Trinajstić information content (AvgIpc) is 2.26. The van der Waals surface area contributed by atoms with Crippen molar-refractivity contribution in [1.29, 1.82) is 0 Å². The maximum absolute atomic E-state index is 5.07. The van der Waals surface area contributed by atoms with Crippen LogP contribution in [0.4, 0.5) is 0 Å². The second-order valence-corrected chi connectivity index (χ2v) is 3.83. The van der Waals surface area contributed by atoms with Gasteiger partial charge in [-0.2, -0.15) is 0 Å². The van der Waals surface area contributed by atoms with E-state index in [1.54, 1.807) is 0 Å². The van der Waals surface area contributed by atoms with Gasteiger partial charge in [-0.05, 0) is 33.1 Å². The molecule has 1 heteroatoms. The number of rotatable bonds is 0. The Balaban J connectivity index is 0.000000146. The van der Waals surface area contributed by atoms with Crippen LogP contribution in [0.15, 0.2) is 24.3 Å². The van der Waals surface area contributed by atoms with Crippen LogP contribution in [0.1, 0.15) is 30.4 Å². The number of benzene rings is 1. The minimum atomic E-state index is 1.00. The van der Waals surface area contributed by atoms with Crippen LogP contribution >= 0.6 is 0 Å². The molecule has 14 heavy (non-hydrogen) atoms. The number of ether oxygens (including phenoxy) is 1. The quantitative estimate of drug-likeness (QED) is 0.611. The Kier molecular flexibility index (Phi) is 5.31. The lowest BCUT2D eigenvalue weighted by Gasteiger charge is -2.08. The van der Waals surface area contributed by atoms with Crippen LogP contribution in [0.2, 0.25) is 0 Å². The summed E-state index contributed by atoms with van der Waals surface area (Å²) < 4.78 is 5.07. The van der Waals surface area contributed by atoms with E-state index in [1.165, 1.54) is 30.4 Å². The molecule has 1 aromatic carbocycles. The van der Waals surface area contributed by atoms with Crippen molar-refractivity contribution in [2.75, 3.05) is 13.2 Å². The third-order valence-corrected chi connectivity index (χ3v) is 2.30. The molecule has 1 heterocycles. The van der Waals surface area contributed by atoms with Crippen LogP contribution in [-0.4, -0.2) is 13.2 Å². The monoisotopic (exact) mass is 192 g/mol. The van der Waals surface area contributed by atoms with Crippen LogP contribution < -0.4 is 0 Å². The highest BCUT2D eigenvalue weighted by molar-refractivity contribution is 5.19. The first-order valence-electron chi connectivity index (χ1n) is 5.40. The third kappa shape index (κ3) is 5.03. The van der Waals surface area contributed by atoms with Gasteiger partial charge in [-0.3, -0.25) is 0 Å². The van der Waals surface area contributed by atoms with Crippen LogP contribution in [0.25, 0.3) is 0 Å². The zero-order valence-electron chi connectivity index (χ0n) is 9.25. The summed E-state index contributed by atoms with van der Waals surface area (Å²) in [4.78, 5) is 0. The Bertz CT molecular complexity index is 201. The van der Waals surface area contributed by atoms with E-state index in [2.05, 4.69) is 38.1 Å². The molecule has 0 bridgehead atoms. The van der Waals surface area contributed by atoms with Crippen molar-refractivity contribution in [2.45, 2.75) is 33.1 Å². The molecule has 1 aromatic rings. The fourth-order valence-corrected chi connectivity index (χ4v) is 1.32. The molecule has 1 nitrogen and oxygen atoms in total. The molecule has 1 saturated heterocycles. The highest BCUT2D eigenvalue weighted by atomic mass is 16.5. The fourth-order valence-electron chi connectivity index (χ4n) is 1.32. The third-order valence-electron chi connectivity index (χ3n) is 2.30. The molecule has 78 valence electrons. The maximum Gasteiger partial charge on any atom is 0.0466 e. The summed E-state index contributed by atoms with van der Waals surface area (Å²) in [5, 5.41) is 0. The molecular formula is C13H20O. The van der Waals surface area contributed by atoms with E-state index in [4.69, 9.17) is 4.74 Å². The molecule has 0 saturated carbocycles. The van der Waals surface area contributed by atoms with Gasteiger partial charge >= 0.3 is 0 Å². The molecule has 1 fully saturated rings. The van der Waals surface area contributed by atoms with E-state index in [9.17, 15) is 0 Å². The highest BCUT2D eigenvalue weighted by Gasteiger charge is 1.95. The van der Waals surface area contributed by atoms with E-state index in [1.807, 2.05) is 0 Å². The Morgan fingerprint density at radius 2 is 1.21 bits per heavy atom. The second kappa shape index (κ2) is 6.61. The molecule has 1 aliphatic rings. The van der Waals surface area contributed by atoms with Gasteiger partial charge in [0.2, 0.25) is 0 Å². The SMILES string of the molecule is C1CCOCC1.Cc1ccc(C)cc1. The van der Waals surface area contributed by atoms with Gasteiger partial charge in [-0.1, -0.05) is 35.4 Å². The standard InChI is InChI=1S/C8H10.C5H10O/c1-7-3-5-8(2)6-4-7;1-2-4-6-5-3-1/h3-6H,1-2H3;1-5H2. The summed E-state index contributed by atoms with van der Waals surface area (Å²) in [6.07, 6.45) is 3.93. The predicted molar refractivity (Wildman–Crippen MR) is 60.6 cm³/mol. The molecule has 1 aliphatic heterocycles. The summed E-state index contributed by atoms with van der Waals surface area (Å²) in [5.74, 6) is 0. The first kappa shape index (κ1) is 11.3. The van der Waals surface area contributed by atoms with Gasteiger partial charge in [0.25, 0.3) is 0 Å². The Morgan fingerprint density at radius 1 is 0.786 bits per heavy atom. The van der Waals surface area contributed by atoms with Crippen LogP contribution in [0.5, 0.6) is 0 Å². The van der Waals surface area contributed by atoms with E-state index in [0.717, 1.165) is 13.2 Å². The zero-order chi connectivity index (χ0) is 10.2. The second-order valence-electron chi connectivity index (χ2n) is 3.83. The molecule has 2 rings (SSSR count). The highest BCUT2D eigenvalue weighted by Crippen LogP contribution is 2.02. The van der Waals surface area contributed by atoms with Crippen LogP contribution in [0, 0.1) is 13.8 Å². The number of hydrogen-bond acceptors (Lipinski definition) is 1. The smallest absolute Gasteiger partial charge is 0.0466 e. The van der Waals surface area contributed by atoms with E-state index >= 15 is 0 Å². The molecule has 0 unspecified atom stereocenters. The molecule has 0 aromatic heterocycles. The summed E-state index contributed by atoms with van der Waals surface area (Å²) in [6, 6.07) is 8.48. The van der Waals surface area contributed by atoms with E-state index in [-0.39, 0.29) is 0 Å². The first-order chi connectivity index (χ1) is 6.79. The minimum Gasteiger partial charge on any atom is -0.381 e. The van der Waals surface area contributed by atoms with Gasteiger partial charge in [0, 0.05) is 13.2 Å². The lowest BCUT2D eigenvalue weighted by Crippen LogP contribution is -2.03. The molecule has 0 amide bonds. The van der Waals surface area contributed by atoms with Crippen molar-refractivity contribution in [2.24, 2.45) is 0 Å². The minimum absolute atomic E-state index is 1.00. The van der Waals surface area contributed by atoms with Crippen LogP contribution in [-0.2, 0) is 4.74 Å². The van der Waals surface area contributed by atoms with Crippen molar-refractivity contribution in [3.8, 4) is 0 Å². The normalized spacial score (nSPS) is 15.6. The molecular weight excluding hydrogens is 172 g/mol. The van der Waals surface area contributed by atoms with Crippen LogP contribution in [0.3, 0.4) is 0 Å². The Hall–Kier alpha value is -0.820. The van der Waals surface area contributed by atoms with Crippen molar-refractivity contribution >= 4 is 0 Å². The van der Waals surface area contributed by atoms with Gasteiger partial charge in [0.15, 0.2) is 0 Å². The largest absolute Gasteiger partial charge is 0.381 e. The van der Waals surface area contributed by atoms with Gasteiger partial charge in [-0.15, -0.1) is 0 Å². The van der Waals surface area contributed by atoms with Gasteiger partial charge in [-0.25, -0.2) is 0 Å². The maximum atomic E-state index is 5.07. The number of hydrogen-bond donors (Lipinski definition) is 0. The summed E-state index contributed by atoms with van der Waals surface area (Å²) in [7, 11) is 0. The van der Waals surface area contributed by atoms with E-state index in [0.29, 0.717) is 0 Å². The lowest BCUT2D eigenvalue weighted by atomic mass is 10.2. The lowest BCUT2D eigenvalue weighted by molar-refractivity contribution is 0.0968. The Morgan fingerprint density at radius 3 is 1.43 bits per heavy atom. The van der Waals surface area contributed by atoms with Gasteiger partial charge in [0.05, 0.1) is 0 Å². The number of aryl methyl sites for hydroxylation is 2. The zero-order valence-corrected chi connectivity index (χ0v) is 9.25.